The average molecular weight is 506 g/mol. The van der Waals surface area contributed by atoms with Gasteiger partial charge in [0.05, 0.1) is 22.8 Å². The van der Waals surface area contributed by atoms with Crippen LogP contribution in [0.2, 0.25) is 5.02 Å². The number of hydrogen-bond donors (Lipinski definition) is 1. The van der Waals surface area contributed by atoms with Crippen molar-refractivity contribution in [3.63, 3.8) is 0 Å². The Hall–Kier alpha value is -4.18. The third-order valence-corrected chi connectivity index (χ3v) is 6.16. The highest BCUT2D eigenvalue weighted by Gasteiger charge is 2.26. The van der Waals surface area contributed by atoms with Crippen molar-refractivity contribution in [3.05, 3.63) is 72.3 Å². The maximum atomic E-state index is 11.8. The predicted octanol–water partition coefficient (Wildman–Crippen LogP) is 3.90. The van der Waals surface area contributed by atoms with Gasteiger partial charge in [0, 0.05) is 38.0 Å². The molecule has 1 aliphatic rings. The van der Waals surface area contributed by atoms with Gasteiger partial charge in [0.1, 0.15) is 30.3 Å². The number of amides is 1. The molecule has 36 heavy (non-hydrogen) atoms. The van der Waals surface area contributed by atoms with E-state index in [4.69, 9.17) is 21.1 Å². The quantitative estimate of drug-likeness (QED) is 0.359. The molecule has 1 aromatic carbocycles. The third kappa shape index (κ3) is 5.08. The molecule has 5 rings (SSSR count). The summed E-state index contributed by atoms with van der Waals surface area (Å²) in [5.74, 6) is 1.42. The number of halogens is 1. The lowest BCUT2D eigenvalue weighted by molar-refractivity contribution is -0.125. The number of fused-ring (bicyclic) bond motifs is 1. The number of aromatic nitrogens is 5. The van der Waals surface area contributed by atoms with Gasteiger partial charge in [0.15, 0.2) is 5.82 Å². The molecule has 0 bridgehead atoms. The van der Waals surface area contributed by atoms with Gasteiger partial charge in [0.25, 0.3) is 0 Å². The van der Waals surface area contributed by atoms with Crippen LogP contribution in [0.15, 0.2) is 61.6 Å². The zero-order chi connectivity index (χ0) is 25.1. The Bertz CT molecular complexity index is 1420. The molecule has 1 saturated heterocycles. The largest absolute Gasteiger partial charge is 0.486 e. The molecule has 1 N–H and O–H groups in total. The Morgan fingerprint density at radius 2 is 2.17 bits per heavy atom. The highest BCUT2D eigenvalue weighted by atomic mass is 35.5. The van der Waals surface area contributed by atoms with Crippen LogP contribution in [0, 0.1) is 0 Å². The molecular weight excluding hydrogens is 482 g/mol. The van der Waals surface area contributed by atoms with Crippen LogP contribution < -0.4 is 14.8 Å². The fourth-order valence-corrected chi connectivity index (χ4v) is 4.17. The molecule has 184 valence electrons. The number of pyridine rings is 1. The molecule has 4 aromatic rings. The normalized spacial score (nSPS) is 15.2. The minimum Gasteiger partial charge on any atom is -0.486 e. The predicted molar refractivity (Wildman–Crippen MR) is 135 cm³/mol. The van der Waals surface area contributed by atoms with Gasteiger partial charge in [-0.25, -0.2) is 15.0 Å². The van der Waals surface area contributed by atoms with E-state index in [1.807, 2.05) is 25.2 Å². The van der Waals surface area contributed by atoms with Gasteiger partial charge in [-0.3, -0.25) is 9.48 Å². The first kappa shape index (κ1) is 23.6. The van der Waals surface area contributed by atoms with Crippen molar-refractivity contribution in [1.29, 1.82) is 0 Å². The monoisotopic (exact) mass is 505 g/mol. The number of hydrogen-bond acceptors (Lipinski definition) is 8. The number of anilines is 2. The highest BCUT2D eigenvalue weighted by Crippen LogP contribution is 2.31. The summed E-state index contributed by atoms with van der Waals surface area (Å²) in [6, 6.07) is 10.9. The molecule has 3 aromatic heterocycles. The summed E-state index contributed by atoms with van der Waals surface area (Å²) in [5, 5.41) is 7.85. The summed E-state index contributed by atoms with van der Waals surface area (Å²) in [6.07, 6.45) is 5.09. The summed E-state index contributed by atoms with van der Waals surface area (Å²) < 4.78 is 13.6. The Morgan fingerprint density at radius 1 is 1.28 bits per heavy atom. The van der Waals surface area contributed by atoms with Gasteiger partial charge >= 0.3 is 0 Å². The fraction of sp³-hybridized carbons (Fsp3) is 0.240. The van der Waals surface area contributed by atoms with Crippen molar-refractivity contribution in [2.75, 3.05) is 18.4 Å². The van der Waals surface area contributed by atoms with Gasteiger partial charge < -0.3 is 19.7 Å². The number of rotatable bonds is 8. The molecule has 1 fully saturated rings. The molecule has 0 radical (unpaired) electrons. The van der Waals surface area contributed by atoms with E-state index in [2.05, 4.69) is 31.9 Å². The summed E-state index contributed by atoms with van der Waals surface area (Å²) in [6.45, 7) is 5.02. The van der Waals surface area contributed by atoms with Crippen molar-refractivity contribution in [1.82, 2.24) is 29.6 Å². The molecule has 1 atom stereocenters. The number of aryl methyl sites for hydroxylation is 1. The number of nitrogens with zero attached hydrogens (tertiary/aromatic N) is 6. The molecule has 0 unspecified atom stereocenters. The molecule has 1 amide bonds. The first-order valence-corrected chi connectivity index (χ1v) is 11.7. The van der Waals surface area contributed by atoms with Crippen LogP contribution >= 0.6 is 11.6 Å². The van der Waals surface area contributed by atoms with E-state index in [9.17, 15) is 4.79 Å². The van der Waals surface area contributed by atoms with E-state index in [0.29, 0.717) is 53.2 Å². The van der Waals surface area contributed by atoms with Crippen molar-refractivity contribution in [3.8, 4) is 11.6 Å². The van der Waals surface area contributed by atoms with Crippen LogP contribution in [0.3, 0.4) is 0 Å². The molecule has 0 aliphatic carbocycles. The Kier molecular flexibility index (Phi) is 6.68. The zero-order valence-electron chi connectivity index (χ0n) is 19.6. The van der Waals surface area contributed by atoms with E-state index >= 15 is 0 Å². The summed E-state index contributed by atoms with van der Waals surface area (Å²) in [4.78, 5) is 26.9. The number of benzene rings is 1. The molecule has 11 heteroatoms. The van der Waals surface area contributed by atoms with Gasteiger partial charge in [-0.2, -0.15) is 5.10 Å². The topological polar surface area (TPSA) is 107 Å². The van der Waals surface area contributed by atoms with Crippen LogP contribution in [0.1, 0.15) is 12.1 Å². The van der Waals surface area contributed by atoms with Gasteiger partial charge in [-0.15, -0.1) is 0 Å². The van der Waals surface area contributed by atoms with E-state index in [1.54, 1.807) is 34.0 Å². The molecule has 1 aliphatic heterocycles. The lowest BCUT2D eigenvalue weighted by Crippen LogP contribution is -2.29. The van der Waals surface area contributed by atoms with E-state index in [0.717, 1.165) is 17.8 Å². The zero-order valence-corrected chi connectivity index (χ0v) is 20.4. The molecule has 4 heterocycles. The van der Waals surface area contributed by atoms with Crippen LogP contribution in [-0.2, 0) is 18.4 Å². The van der Waals surface area contributed by atoms with Gasteiger partial charge in [0.2, 0.25) is 11.8 Å². The lowest BCUT2D eigenvalue weighted by atomic mass is 10.2. The first-order valence-electron chi connectivity index (χ1n) is 11.4. The number of carbonyl (C=O) groups excluding carboxylic acids is 1. The standard InChI is InChI=1S/C25H24ClN7O3/c1-3-23(34)33-11-9-18(13-33)36-22-7-5-20-24(31-22)25(28-15-27-20)30-16-4-6-21(19(26)12-16)35-14-17-8-10-29-32(17)2/h3-8,10,12,15,18H,1,9,11,13-14H2,2H3,(H,27,28,30)/t18-/m0/s1. The SMILES string of the molecule is C=CC(=O)N1CC[C@H](Oc2ccc3ncnc(Nc4ccc(OCc5ccnn5C)c(Cl)c4)c3n2)C1. The fourth-order valence-electron chi connectivity index (χ4n) is 3.93. The number of likely N-dealkylation sites (tertiary alicyclic amines) is 1. The lowest BCUT2D eigenvalue weighted by Gasteiger charge is -2.16. The Morgan fingerprint density at radius 3 is 2.94 bits per heavy atom. The van der Waals surface area contributed by atoms with Crippen LogP contribution in [0.5, 0.6) is 11.6 Å². The van der Waals surface area contributed by atoms with Crippen LogP contribution in [0.4, 0.5) is 11.5 Å². The number of ether oxygens (including phenoxy) is 2. The van der Waals surface area contributed by atoms with Crippen molar-refractivity contribution >= 4 is 40.0 Å². The second-order valence-corrected chi connectivity index (χ2v) is 8.67. The Balaban J connectivity index is 1.30. The summed E-state index contributed by atoms with van der Waals surface area (Å²) >= 11 is 6.47. The smallest absolute Gasteiger partial charge is 0.246 e. The van der Waals surface area contributed by atoms with Crippen molar-refractivity contribution in [2.24, 2.45) is 7.05 Å². The van der Waals surface area contributed by atoms with Crippen LogP contribution in [-0.4, -0.2) is 54.7 Å². The number of nitrogens with one attached hydrogen (secondary N) is 1. The molecule has 10 nitrogen and oxygen atoms in total. The first-order chi connectivity index (χ1) is 17.5. The van der Waals surface area contributed by atoms with E-state index in [1.165, 1.54) is 12.4 Å². The average Bonchev–Trinajstić information content (AvgIpc) is 3.52. The minimum absolute atomic E-state index is 0.0977. The third-order valence-electron chi connectivity index (χ3n) is 5.87. The number of carbonyl (C=O) groups is 1. The van der Waals surface area contributed by atoms with Gasteiger partial charge in [-0.05, 0) is 36.4 Å². The second-order valence-electron chi connectivity index (χ2n) is 8.26. The van der Waals surface area contributed by atoms with Gasteiger partial charge in [-0.1, -0.05) is 18.2 Å². The molecule has 0 spiro atoms. The summed E-state index contributed by atoms with van der Waals surface area (Å²) in [5.41, 5.74) is 2.87. The molecule has 0 saturated carbocycles. The van der Waals surface area contributed by atoms with Crippen molar-refractivity contribution in [2.45, 2.75) is 19.1 Å². The maximum absolute atomic E-state index is 11.8. The van der Waals surface area contributed by atoms with Crippen molar-refractivity contribution < 1.29 is 14.3 Å². The summed E-state index contributed by atoms with van der Waals surface area (Å²) in [7, 11) is 1.86. The van der Waals surface area contributed by atoms with Crippen LogP contribution in [0.25, 0.3) is 11.0 Å². The van der Waals surface area contributed by atoms with E-state index in [-0.39, 0.29) is 12.0 Å². The van der Waals surface area contributed by atoms with E-state index < -0.39 is 0 Å². The second kappa shape index (κ2) is 10.2. The molecular formula is C25H24ClN7O3. The highest BCUT2D eigenvalue weighted by molar-refractivity contribution is 6.32. The maximum Gasteiger partial charge on any atom is 0.246 e. The minimum atomic E-state index is -0.141. The Labute approximate surface area is 212 Å².